The minimum absolute atomic E-state index is 0.396. The second kappa shape index (κ2) is 19.8. The molecule has 6 nitrogen and oxygen atoms in total. The summed E-state index contributed by atoms with van der Waals surface area (Å²) in [5.74, 6) is 0.760. The standard InChI is InChI=1S/C19H38ClNO5/c20-7-3-1-2-4-10-22-11-12-23-13-14-24-15-16-25-17-18-26-19-5-8-21-9-6-19/h19,21H,1-18H2. The third-order valence-corrected chi connectivity index (χ3v) is 4.42. The Morgan fingerprint density at radius 1 is 0.615 bits per heavy atom. The number of halogens is 1. The summed E-state index contributed by atoms with van der Waals surface area (Å²) in [5.41, 5.74) is 0. The molecule has 1 N–H and O–H groups in total. The highest BCUT2D eigenvalue weighted by Crippen LogP contribution is 2.06. The molecular formula is C19H38ClNO5. The van der Waals surface area contributed by atoms with Gasteiger partial charge in [-0.25, -0.2) is 0 Å². The Labute approximate surface area is 164 Å². The molecule has 0 spiro atoms. The molecule has 156 valence electrons. The molecule has 0 atom stereocenters. The zero-order chi connectivity index (χ0) is 18.5. The molecule has 0 bridgehead atoms. The highest BCUT2D eigenvalue weighted by atomic mass is 35.5. The van der Waals surface area contributed by atoms with Crippen molar-refractivity contribution in [3.63, 3.8) is 0 Å². The lowest BCUT2D eigenvalue weighted by Crippen LogP contribution is -2.33. The molecule has 0 unspecified atom stereocenters. The van der Waals surface area contributed by atoms with Gasteiger partial charge in [-0.2, -0.15) is 0 Å². The summed E-state index contributed by atoms with van der Waals surface area (Å²) in [5, 5.41) is 3.33. The summed E-state index contributed by atoms with van der Waals surface area (Å²) >= 11 is 5.63. The molecule has 1 aliphatic heterocycles. The average Bonchev–Trinajstić information content (AvgIpc) is 2.68. The summed E-state index contributed by atoms with van der Waals surface area (Å²) in [7, 11) is 0. The van der Waals surface area contributed by atoms with E-state index in [0.717, 1.165) is 51.3 Å². The van der Waals surface area contributed by atoms with Crippen molar-refractivity contribution in [2.24, 2.45) is 0 Å². The van der Waals surface area contributed by atoms with Gasteiger partial charge in [0.1, 0.15) is 0 Å². The van der Waals surface area contributed by atoms with Gasteiger partial charge in [-0.15, -0.1) is 11.6 Å². The monoisotopic (exact) mass is 395 g/mol. The van der Waals surface area contributed by atoms with Gasteiger partial charge in [-0.3, -0.25) is 0 Å². The first-order valence-electron chi connectivity index (χ1n) is 10.1. The van der Waals surface area contributed by atoms with Gasteiger partial charge in [0.05, 0.1) is 59.0 Å². The molecule has 1 heterocycles. The molecular weight excluding hydrogens is 358 g/mol. The van der Waals surface area contributed by atoms with Crippen molar-refractivity contribution in [2.75, 3.05) is 78.4 Å². The second-order valence-electron chi connectivity index (χ2n) is 6.37. The fraction of sp³-hybridized carbons (Fsp3) is 1.00. The number of hydrogen-bond donors (Lipinski definition) is 1. The van der Waals surface area contributed by atoms with E-state index in [1.54, 1.807) is 0 Å². The average molecular weight is 396 g/mol. The van der Waals surface area contributed by atoms with Crippen LogP contribution in [0.1, 0.15) is 38.5 Å². The van der Waals surface area contributed by atoms with Crippen molar-refractivity contribution >= 4 is 11.6 Å². The zero-order valence-corrected chi connectivity index (χ0v) is 17.0. The third-order valence-electron chi connectivity index (χ3n) is 4.16. The molecule has 1 aliphatic rings. The van der Waals surface area contributed by atoms with Crippen molar-refractivity contribution in [1.29, 1.82) is 0 Å². The van der Waals surface area contributed by atoms with Crippen LogP contribution < -0.4 is 5.32 Å². The third kappa shape index (κ3) is 16.2. The van der Waals surface area contributed by atoms with Crippen LogP contribution in [0.15, 0.2) is 0 Å². The molecule has 0 aromatic carbocycles. The molecule has 1 saturated heterocycles. The number of nitrogens with one attached hydrogen (secondary N) is 1. The predicted octanol–water partition coefficient (Wildman–Crippen LogP) is 2.62. The first kappa shape index (κ1) is 24.1. The van der Waals surface area contributed by atoms with E-state index in [2.05, 4.69) is 5.32 Å². The van der Waals surface area contributed by atoms with E-state index in [0.29, 0.717) is 59.0 Å². The maximum atomic E-state index is 5.76. The van der Waals surface area contributed by atoms with Gasteiger partial charge >= 0.3 is 0 Å². The minimum atomic E-state index is 0.396. The Kier molecular flexibility index (Phi) is 18.3. The molecule has 0 saturated carbocycles. The van der Waals surface area contributed by atoms with Gasteiger partial charge in [0.15, 0.2) is 0 Å². The highest BCUT2D eigenvalue weighted by Gasteiger charge is 2.12. The van der Waals surface area contributed by atoms with Crippen molar-refractivity contribution < 1.29 is 23.7 Å². The van der Waals surface area contributed by atoms with Crippen LogP contribution in [-0.2, 0) is 23.7 Å². The van der Waals surface area contributed by atoms with Crippen molar-refractivity contribution in [3.05, 3.63) is 0 Å². The van der Waals surface area contributed by atoms with E-state index < -0.39 is 0 Å². The van der Waals surface area contributed by atoms with E-state index >= 15 is 0 Å². The Morgan fingerprint density at radius 2 is 1.12 bits per heavy atom. The fourth-order valence-electron chi connectivity index (χ4n) is 2.65. The number of rotatable bonds is 19. The summed E-state index contributed by atoms with van der Waals surface area (Å²) in [6.07, 6.45) is 7.17. The number of hydrogen-bond acceptors (Lipinski definition) is 6. The summed E-state index contributed by atoms with van der Waals surface area (Å²) in [6, 6.07) is 0. The van der Waals surface area contributed by atoms with E-state index in [4.69, 9.17) is 35.3 Å². The molecule has 0 aromatic heterocycles. The van der Waals surface area contributed by atoms with Crippen LogP contribution in [0.5, 0.6) is 0 Å². The van der Waals surface area contributed by atoms with Crippen molar-refractivity contribution in [2.45, 2.75) is 44.6 Å². The quantitative estimate of drug-likeness (QED) is 0.268. The molecule has 1 fully saturated rings. The van der Waals surface area contributed by atoms with E-state index in [1.165, 1.54) is 12.8 Å². The van der Waals surface area contributed by atoms with Crippen LogP contribution in [0.25, 0.3) is 0 Å². The lowest BCUT2D eigenvalue weighted by Gasteiger charge is -2.22. The molecule has 0 aliphatic carbocycles. The number of ether oxygens (including phenoxy) is 5. The van der Waals surface area contributed by atoms with Gasteiger partial charge in [-0.05, 0) is 38.8 Å². The maximum absolute atomic E-state index is 5.76. The highest BCUT2D eigenvalue weighted by molar-refractivity contribution is 6.17. The lowest BCUT2D eigenvalue weighted by molar-refractivity contribution is -0.0280. The molecule has 7 heteroatoms. The Hall–Kier alpha value is 0.0500. The first-order chi connectivity index (χ1) is 12.9. The van der Waals surface area contributed by atoms with Gasteiger partial charge in [0.2, 0.25) is 0 Å². The molecule has 1 rings (SSSR count). The van der Waals surface area contributed by atoms with Crippen LogP contribution in [-0.4, -0.2) is 84.5 Å². The second-order valence-corrected chi connectivity index (χ2v) is 6.75. The Bertz CT molecular complexity index is 281. The van der Waals surface area contributed by atoms with Crippen LogP contribution in [0.2, 0.25) is 0 Å². The molecule has 0 amide bonds. The van der Waals surface area contributed by atoms with E-state index in [1.807, 2.05) is 0 Å². The number of alkyl halides is 1. The maximum Gasteiger partial charge on any atom is 0.0704 e. The summed E-state index contributed by atoms with van der Waals surface area (Å²) in [6.45, 7) is 7.87. The van der Waals surface area contributed by atoms with E-state index in [-0.39, 0.29) is 0 Å². The topological polar surface area (TPSA) is 58.2 Å². The Morgan fingerprint density at radius 3 is 1.69 bits per heavy atom. The van der Waals surface area contributed by atoms with Crippen LogP contribution in [0.4, 0.5) is 0 Å². The van der Waals surface area contributed by atoms with Crippen molar-refractivity contribution in [3.8, 4) is 0 Å². The van der Waals surface area contributed by atoms with Crippen molar-refractivity contribution in [1.82, 2.24) is 5.32 Å². The van der Waals surface area contributed by atoms with Crippen LogP contribution in [0.3, 0.4) is 0 Å². The zero-order valence-electron chi connectivity index (χ0n) is 16.2. The van der Waals surface area contributed by atoms with Gasteiger partial charge in [0, 0.05) is 12.5 Å². The Balaban J connectivity index is 1.65. The first-order valence-corrected chi connectivity index (χ1v) is 10.7. The lowest BCUT2D eigenvalue weighted by atomic mass is 10.1. The molecule has 26 heavy (non-hydrogen) atoms. The molecule has 0 aromatic rings. The number of unbranched alkanes of at least 4 members (excludes halogenated alkanes) is 3. The van der Waals surface area contributed by atoms with Gasteiger partial charge < -0.3 is 29.0 Å². The summed E-state index contributed by atoms with van der Waals surface area (Å²) in [4.78, 5) is 0. The SMILES string of the molecule is ClCCCCCCOCCOCCOCCOCCOC1CCNCC1. The summed E-state index contributed by atoms with van der Waals surface area (Å²) < 4.78 is 27.7. The normalized spacial score (nSPS) is 15.6. The van der Waals surface area contributed by atoms with Gasteiger partial charge in [0.25, 0.3) is 0 Å². The van der Waals surface area contributed by atoms with Crippen LogP contribution in [0, 0.1) is 0 Å². The molecule has 0 radical (unpaired) electrons. The smallest absolute Gasteiger partial charge is 0.0704 e. The van der Waals surface area contributed by atoms with Crippen LogP contribution >= 0.6 is 11.6 Å². The predicted molar refractivity (Wildman–Crippen MR) is 104 cm³/mol. The van der Waals surface area contributed by atoms with Gasteiger partial charge in [-0.1, -0.05) is 12.8 Å². The van der Waals surface area contributed by atoms with E-state index in [9.17, 15) is 0 Å². The fourth-order valence-corrected chi connectivity index (χ4v) is 2.84. The minimum Gasteiger partial charge on any atom is -0.379 e. The largest absolute Gasteiger partial charge is 0.379 e. The number of piperidine rings is 1.